The van der Waals surface area contributed by atoms with Crippen LogP contribution in [0, 0.1) is 0 Å². The number of rotatable bonds is 7. The predicted octanol–water partition coefficient (Wildman–Crippen LogP) is 4.09. The lowest BCUT2D eigenvalue weighted by Crippen LogP contribution is -2.21. The van der Waals surface area contributed by atoms with Crippen LogP contribution in [0.3, 0.4) is 0 Å². The number of ether oxygens (including phenoxy) is 2. The number of epoxide rings is 1. The Labute approximate surface area is 122 Å². The van der Waals surface area contributed by atoms with Crippen LogP contribution in [0.1, 0.15) is 31.1 Å². The fourth-order valence-corrected chi connectivity index (χ4v) is 6.36. The van der Waals surface area contributed by atoms with Crippen molar-refractivity contribution in [1.82, 2.24) is 0 Å². The van der Waals surface area contributed by atoms with E-state index in [0.29, 0.717) is 12.7 Å². The molecule has 1 aromatic heterocycles. The second-order valence-corrected chi connectivity index (χ2v) is 10.9. The molecule has 20 heavy (non-hydrogen) atoms. The quantitative estimate of drug-likeness (QED) is 0.561. The lowest BCUT2D eigenvalue weighted by Gasteiger charge is -2.17. The molecule has 0 saturated carbocycles. The van der Waals surface area contributed by atoms with E-state index in [0.717, 1.165) is 18.8 Å². The summed E-state index contributed by atoms with van der Waals surface area (Å²) < 4.78 is 16.7. The molecule has 0 radical (unpaired) electrons. The fourth-order valence-electron chi connectivity index (χ4n) is 2.95. The van der Waals surface area contributed by atoms with E-state index >= 15 is 0 Å². The molecule has 2 aliphatic heterocycles. The number of hydrogen-bond acceptors (Lipinski definition) is 3. The molecule has 1 aromatic rings. The van der Waals surface area contributed by atoms with E-state index in [1.807, 2.05) is 12.1 Å². The maximum Gasteiger partial charge on any atom is 0.132 e. The van der Waals surface area contributed by atoms with Crippen LogP contribution in [0.2, 0.25) is 18.6 Å². The van der Waals surface area contributed by atoms with Gasteiger partial charge in [-0.05, 0) is 18.6 Å². The van der Waals surface area contributed by atoms with Gasteiger partial charge in [-0.3, -0.25) is 0 Å². The fraction of sp³-hybridized carbons (Fsp3) is 0.625. The highest BCUT2D eigenvalue weighted by atomic mass is 28.3. The first kappa shape index (κ1) is 14.1. The Kier molecular flexibility index (Phi) is 4.44. The number of furan rings is 1. The molecule has 0 aliphatic carbocycles. The van der Waals surface area contributed by atoms with Crippen LogP contribution in [0.25, 0.3) is 0 Å². The lowest BCUT2D eigenvalue weighted by atomic mass is 10.2. The number of hydrogen-bond donors (Lipinski definition) is 0. The molecule has 4 heteroatoms. The summed E-state index contributed by atoms with van der Waals surface area (Å²) in [4.78, 5) is 0. The van der Waals surface area contributed by atoms with E-state index in [1.165, 1.54) is 24.9 Å². The molecule has 0 aromatic carbocycles. The largest absolute Gasteiger partial charge is 0.467 e. The Morgan fingerprint density at radius 3 is 2.90 bits per heavy atom. The van der Waals surface area contributed by atoms with Crippen LogP contribution in [0.5, 0.6) is 0 Å². The van der Waals surface area contributed by atoms with Gasteiger partial charge in [0.1, 0.15) is 18.0 Å². The zero-order valence-electron chi connectivity index (χ0n) is 12.2. The van der Waals surface area contributed by atoms with Gasteiger partial charge in [-0.2, -0.15) is 0 Å². The summed E-state index contributed by atoms with van der Waals surface area (Å²) in [5.74, 6) is 0.925. The van der Waals surface area contributed by atoms with Crippen LogP contribution in [0.15, 0.2) is 34.6 Å². The molecule has 2 saturated heterocycles. The van der Waals surface area contributed by atoms with Gasteiger partial charge in [-0.1, -0.05) is 43.3 Å². The molecule has 2 aliphatic rings. The topological polar surface area (TPSA) is 34.9 Å². The summed E-state index contributed by atoms with van der Waals surface area (Å²) in [7, 11) is -1.06. The van der Waals surface area contributed by atoms with Gasteiger partial charge in [0.25, 0.3) is 0 Å². The summed E-state index contributed by atoms with van der Waals surface area (Å²) >= 11 is 0. The molecule has 3 heterocycles. The molecule has 0 spiro atoms. The van der Waals surface area contributed by atoms with Crippen molar-refractivity contribution in [3.63, 3.8) is 0 Å². The van der Waals surface area contributed by atoms with E-state index in [9.17, 15) is 0 Å². The van der Waals surface area contributed by atoms with Crippen molar-refractivity contribution >= 4 is 8.07 Å². The first-order chi connectivity index (χ1) is 9.75. The second-order valence-electron chi connectivity index (χ2n) is 6.29. The van der Waals surface area contributed by atoms with Gasteiger partial charge in [-0.15, -0.1) is 0 Å². The van der Waals surface area contributed by atoms with Gasteiger partial charge in [0.05, 0.1) is 27.6 Å². The Bertz CT molecular complexity index is 431. The van der Waals surface area contributed by atoms with Crippen LogP contribution in [-0.2, 0) is 9.47 Å². The van der Waals surface area contributed by atoms with Gasteiger partial charge in [0, 0.05) is 0 Å². The molecule has 2 unspecified atom stereocenters. The summed E-state index contributed by atoms with van der Waals surface area (Å²) in [6.07, 6.45) is 8.13. The van der Waals surface area contributed by atoms with Crippen LogP contribution in [-0.4, -0.2) is 27.4 Å². The zero-order valence-corrected chi connectivity index (χ0v) is 13.2. The van der Waals surface area contributed by atoms with Gasteiger partial charge in [0.2, 0.25) is 0 Å². The highest BCUT2D eigenvalue weighted by molar-refractivity contribution is 6.83. The molecule has 2 fully saturated rings. The van der Waals surface area contributed by atoms with E-state index in [2.05, 4.69) is 18.3 Å². The van der Waals surface area contributed by atoms with Gasteiger partial charge < -0.3 is 13.9 Å². The minimum Gasteiger partial charge on any atom is -0.467 e. The average Bonchev–Trinajstić information content (AvgIpc) is 2.92. The van der Waals surface area contributed by atoms with Crippen LogP contribution in [0.4, 0.5) is 0 Å². The third kappa shape index (κ3) is 3.84. The summed E-state index contributed by atoms with van der Waals surface area (Å²) in [5, 5.41) is 0. The zero-order chi connectivity index (χ0) is 13.8. The van der Waals surface area contributed by atoms with Crippen LogP contribution >= 0.6 is 0 Å². The Morgan fingerprint density at radius 2 is 2.25 bits per heavy atom. The standard InChI is InChI=1S/C16H24O3Si/c1-20(9-2-3-10-20)11-5-7-16(15-6-4-8-17-15)19-13-14-12-18-14/h4-6,8,11,14,16H,2-3,7,9-10,12-13H2,1H3. The third-order valence-electron chi connectivity index (χ3n) is 4.36. The Balaban J connectivity index is 1.56. The highest BCUT2D eigenvalue weighted by Gasteiger charge is 2.28. The van der Waals surface area contributed by atoms with E-state index in [-0.39, 0.29) is 6.10 Å². The SMILES string of the molecule is C[Si]1(C=CCC(OCC2CO2)c2ccco2)CCCC1. The van der Waals surface area contributed by atoms with Crippen molar-refractivity contribution in [3.05, 3.63) is 35.9 Å². The molecule has 0 amide bonds. The predicted molar refractivity (Wildman–Crippen MR) is 81.4 cm³/mol. The van der Waals surface area contributed by atoms with E-state index in [1.54, 1.807) is 6.26 Å². The van der Waals surface area contributed by atoms with Gasteiger partial charge in [0.15, 0.2) is 0 Å². The smallest absolute Gasteiger partial charge is 0.132 e. The normalized spacial score (nSPS) is 26.1. The second kappa shape index (κ2) is 6.29. The average molecular weight is 292 g/mol. The summed E-state index contributed by atoms with van der Waals surface area (Å²) in [6, 6.07) is 6.83. The Morgan fingerprint density at radius 1 is 1.45 bits per heavy atom. The van der Waals surface area contributed by atoms with Crippen molar-refractivity contribution < 1.29 is 13.9 Å². The first-order valence-electron chi connectivity index (χ1n) is 7.69. The molecule has 110 valence electrons. The first-order valence-corrected chi connectivity index (χ1v) is 10.7. The molecule has 0 bridgehead atoms. The van der Waals surface area contributed by atoms with Crippen molar-refractivity contribution in [2.45, 2.75) is 50.1 Å². The van der Waals surface area contributed by atoms with E-state index in [4.69, 9.17) is 13.9 Å². The molecular weight excluding hydrogens is 268 g/mol. The van der Waals surface area contributed by atoms with Crippen LogP contribution < -0.4 is 0 Å². The summed E-state index contributed by atoms with van der Waals surface area (Å²) in [6.45, 7) is 4.01. The van der Waals surface area contributed by atoms with Crippen molar-refractivity contribution in [1.29, 1.82) is 0 Å². The van der Waals surface area contributed by atoms with Gasteiger partial charge >= 0.3 is 0 Å². The summed E-state index contributed by atoms with van der Waals surface area (Å²) in [5.41, 5.74) is 2.52. The lowest BCUT2D eigenvalue weighted by molar-refractivity contribution is 0.0301. The monoisotopic (exact) mass is 292 g/mol. The highest BCUT2D eigenvalue weighted by Crippen LogP contribution is 2.32. The van der Waals surface area contributed by atoms with Gasteiger partial charge in [-0.25, -0.2) is 0 Å². The minimum atomic E-state index is -1.06. The van der Waals surface area contributed by atoms with Crippen molar-refractivity contribution in [3.8, 4) is 0 Å². The molecule has 2 atom stereocenters. The maximum absolute atomic E-state index is 5.95. The van der Waals surface area contributed by atoms with E-state index < -0.39 is 8.07 Å². The molecule has 0 N–H and O–H groups in total. The third-order valence-corrected chi connectivity index (χ3v) is 8.39. The van der Waals surface area contributed by atoms with Crippen molar-refractivity contribution in [2.24, 2.45) is 0 Å². The minimum absolute atomic E-state index is 0.0319. The maximum atomic E-state index is 5.95. The van der Waals surface area contributed by atoms with Crippen molar-refractivity contribution in [2.75, 3.05) is 13.2 Å². The molecule has 3 nitrogen and oxygen atoms in total. The molecule has 3 rings (SSSR count). The molecular formula is C16H24O3Si. The Hall–Kier alpha value is -0.843.